The third kappa shape index (κ3) is 5.47. The third-order valence-corrected chi connectivity index (χ3v) is 7.49. The Morgan fingerprint density at radius 2 is 1.82 bits per heavy atom. The highest BCUT2D eigenvalue weighted by molar-refractivity contribution is 7.70. The van der Waals surface area contributed by atoms with Crippen molar-refractivity contribution in [3.63, 3.8) is 0 Å². The van der Waals surface area contributed by atoms with E-state index in [1.165, 1.54) is 6.20 Å². The number of nitrogens with zero attached hydrogens (tertiary/aromatic N) is 1. The van der Waals surface area contributed by atoms with Gasteiger partial charge in [-0.25, -0.2) is 4.79 Å². The van der Waals surface area contributed by atoms with Gasteiger partial charge in [0.15, 0.2) is 12.1 Å². The average Bonchev–Trinajstić information content (AvgIpc) is 2.79. The van der Waals surface area contributed by atoms with E-state index >= 15 is 0 Å². The molecule has 0 bridgehead atoms. The second kappa shape index (κ2) is 8.31. The molecule has 1 aromatic rings. The topological polar surface area (TPSA) is 209 Å². The van der Waals surface area contributed by atoms with Crippen molar-refractivity contribution >= 4 is 15.2 Å². The Bertz CT molecular complexity index is 920. The smallest absolute Gasteiger partial charge is 0.340 e. The molecule has 6 N–H and O–H groups in total. The van der Waals surface area contributed by atoms with E-state index in [-0.39, 0.29) is 11.5 Å². The van der Waals surface area contributed by atoms with Crippen LogP contribution in [-0.4, -0.2) is 65.3 Å². The lowest BCUT2D eigenvalue weighted by molar-refractivity contribution is -0.0525. The minimum absolute atomic E-state index is 0.228. The minimum atomic E-state index is -4.83. The summed E-state index contributed by atoms with van der Waals surface area (Å²) in [5, 5.41) is 20.3. The van der Waals surface area contributed by atoms with Crippen LogP contribution in [0.2, 0.25) is 0 Å². The summed E-state index contributed by atoms with van der Waals surface area (Å²) in [5.74, 6) is -1.68. The Hall–Kier alpha value is -1.14. The van der Waals surface area contributed by atoms with Gasteiger partial charge in [0, 0.05) is 11.8 Å². The van der Waals surface area contributed by atoms with E-state index in [4.69, 9.17) is 14.5 Å². The number of ether oxygens (including phenoxy) is 1. The molecule has 0 aromatic carbocycles. The summed E-state index contributed by atoms with van der Waals surface area (Å²) in [6.07, 6.45) is -4.90. The molecule has 1 unspecified atom stereocenters. The van der Waals surface area contributed by atoms with E-state index in [9.17, 15) is 33.8 Å². The zero-order chi connectivity index (χ0) is 21.4. The van der Waals surface area contributed by atoms with E-state index in [1.807, 2.05) is 0 Å². The van der Waals surface area contributed by atoms with Gasteiger partial charge in [0.2, 0.25) is 0 Å². The van der Waals surface area contributed by atoms with Crippen molar-refractivity contribution in [2.75, 3.05) is 12.5 Å². The minimum Gasteiger partial charge on any atom is -0.387 e. The van der Waals surface area contributed by atoms with Crippen molar-refractivity contribution in [2.45, 2.75) is 44.3 Å². The highest BCUT2D eigenvalue weighted by atomic mass is 31.2. The molecule has 2 rings (SSSR count). The first kappa shape index (κ1) is 23.1. The van der Waals surface area contributed by atoms with Gasteiger partial charge in [0.25, 0.3) is 5.56 Å². The number of aliphatic hydroxyl groups excluding tert-OH is 2. The van der Waals surface area contributed by atoms with Crippen LogP contribution in [-0.2, 0) is 18.4 Å². The normalized spacial score (nSPS) is 27.9. The number of hydrogen-bond donors (Lipinski definition) is 6. The number of nitrogens with one attached hydrogen (secondary N) is 1. The van der Waals surface area contributed by atoms with Crippen LogP contribution >= 0.6 is 15.2 Å². The highest BCUT2D eigenvalue weighted by Gasteiger charge is 2.45. The number of aromatic nitrogens is 2. The molecule has 28 heavy (non-hydrogen) atoms. The molecule has 15 heteroatoms. The summed E-state index contributed by atoms with van der Waals surface area (Å²) in [6.45, 7) is 2.63. The summed E-state index contributed by atoms with van der Waals surface area (Å²) in [6, 6.07) is 0. The van der Waals surface area contributed by atoms with Crippen LogP contribution in [0.1, 0.15) is 31.6 Å². The summed E-state index contributed by atoms with van der Waals surface area (Å²) in [7, 11) is -9.53. The van der Waals surface area contributed by atoms with Crippen molar-refractivity contribution in [2.24, 2.45) is 0 Å². The fraction of sp³-hybridized carbons (Fsp3) is 0.692. The molecule has 0 aliphatic carbocycles. The Morgan fingerprint density at radius 1 is 1.21 bits per heavy atom. The largest absolute Gasteiger partial charge is 0.387 e. The van der Waals surface area contributed by atoms with Crippen LogP contribution in [0.15, 0.2) is 15.8 Å². The molecule has 0 saturated carbocycles. The molecule has 13 nitrogen and oxygen atoms in total. The lowest BCUT2D eigenvalue weighted by atomic mass is 10.1. The van der Waals surface area contributed by atoms with Crippen molar-refractivity contribution in [1.82, 2.24) is 9.55 Å². The van der Waals surface area contributed by atoms with Gasteiger partial charge in [-0.3, -0.25) is 23.5 Å². The van der Waals surface area contributed by atoms with Gasteiger partial charge in [-0.05, 0) is 5.92 Å². The SMILES string of the molecule is CC(C)c1cn([C@@H]2O[C@H](COP(=O)(O)CP(=O)(O)O)[C@@H](O)[C@H]2O)c(=O)[nH]c1=O. The van der Waals surface area contributed by atoms with Crippen molar-refractivity contribution < 1.29 is 43.3 Å². The molecule has 5 atom stereocenters. The molecule has 1 fully saturated rings. The molecular weight excluding hydrogens is 422 g/mol. The van der Waals surface area contributed by atoms with Gasteiger partial charge in [-0.1, -0.05) is 13.8 Å². The van der Waals surface area contributed by atoms with Gasteiger partial charge in [-0.2, -0.15) is 0 Å². The van der Waals surface area contributed by atoms with Gasteiger partial charge < -0.3 is 34.2 Å². The maximum absolute atomic E-state index is 12.1. The Kier molecular flexibility index (Phi) is 6.87. The predicted octanol–water partition coefficient (Wildman–Crippen LogP) is -1.38. The highest BCUT2D eigenvalue weighted by Crippen LogP contribution is 2.55. The summed E-state index contributed by atoms with van der Waals surface area (Å²) in [5.41, 5.74) is -1.28. The molecule has 0 amide bonds. The monoisotopic (exact) mass is 444 g/mol. The zero-order valence-corrected chi connectivity index (χ0v) is 16.7. The van der Waals surface area contributed by atoms with Crippen LogP contribution < -0.4 is 11.2 Å². The molecule has 0 spiro atoms. The van der Waals surface area contributed by atoms with Crippen LogP contribution in [0, 0.1) is 0 Å². The Balaban J connectivity index is 2.20. The molecule has 0 radical (unpaired) electrons. The average molecular weight is 444 g/mol. The molecule has 1 saturated heterocycles. The van der Waals surface area contributed by atoms with Gasteiger partial charge in [-0.15, -0.1) is 0 Å². The maximum atomic E-state index is 12.1. The number of aliphatic hydroxyl groups is 2. The first-order valence-electron chi connectivity index (χ1n) is 8.10. The fourth-order valence-corrected chi connectivity index (χ4v) is 5.23. The predicted molar refractivity (Wildman–Crippen MR) is 94.0 cm³/mol. The van der Waals surface area contributed by atoms with Crippen molar-refractivity contribution in [3.8, 4) is 0 Å². The second-order valence-electron chi connectivity index (χ2n) is 6.69. The number of hydrogen-bond acceptors (Lipinski definition) is 8. The van der Waals surface area contributed by atoms with Crippen molar-refractivity contribution in [1.29, 1.82) is 0 Å². The van der Waals surface area contributed by atoms with Gasteiger partial charge >= 0.3 is 20.9 Å². The van der Waals surface area contributed by atoms with Gasteiger partial charge in [0.1, 0.15) is 18.3 Å². The van der Waals surface area contributed by atoms with E-state index in [1.54, 1.807) is 13.8 Å². The lowest BCUT2D eigenvalue weighted by Crippen LogP contribution is -2.39. The zero-order valence-electron chi connectivity index (χ0n) is 14.9. The number of rotatable bonds is 7. The first-order valence-corrected chi connectivity index (χ1v) is 11.7. The molecule has 1 aliphatic rings. The van der Waals surface area contributed by atoms with Crippen LogP contribution in [0.4, 0.5) is 0 Å². The Morgan fingerprint density at radius 3 is 2.36 bits per heavy atom. The molecule has 2 heterocycles. The lowest BCUT2D eigenvalue weighted by Gasteiger charge is -2.19. The van der Waals surface area contributed by atoms with Crippen LogP contribution in [0.3, 0.4) is 0 Å². The molecular formula is C13H22N2O11P2. The quantitative estimate of drug-likeness (QED) is 0.270. The molecule has 1 aromatic heterocycles. The maximum Gasteiger partial charge on any atom is 0.340 e. The van der Waals surface area contributed by atoms with Gasteiger partial charge in [0.05, 0.1) is 6.61 Å². The number of aromatic amines is 1. The summed E-state index contributed by atoms with van der Waals surface area (Å²) >= 11 is 0. The van der Waals surface area contributed by atoms with E-state index in [0.29, 0.717) is 0 Å². The number of H-pyrrole nitrogens is 1. The summed E-state index contributed by atoms with van der Waals surface area (Å²) < 4.78 is 33.3. The van der Waals surface area contributed by atoms with E-state index < -0.39 is 63.5 Å². The van der Waals surface area contributed by atoms with E-state index in [0.717, 1.165) is 4.57 Å². The Labute approximate surface area is 158 Å². The molecule has 1 aliphatic heterocycles. The van der Waals surface area contributed by atoms with Crippen LogP contribution in [0.25, 0.3) is 0 Å². The van der Waals surface area contributed by atoms with Crippen LogP contribution in [0.5, 0.6) is 0 Å². The third-order valence-electron chi connectivity index (χ3n) is 4.03. The van der Waals surface area contributed by atoms with E-state index in [2.05, 4.69) is 9.51 Å². The summed E-state index contributed by atoms with van der Waals surface area (Å²) in [4.78, 5) is 53.0. The second-order valence-corrected chi connectivity index (χ2v) is 10.7. The van der Waals surface area contributed by atoms with Crippen molar-refractivity contribution in [3.05, 3.63) is 32.6 Å². The molecule has 160 valence electrons. The fourth-order valence-electron chi connectivity index (χ4n) is 2.66. The standard InChI is InChI=1S/C13H22N2O11P2/c1-6(2)7-3-15(13(19)14-11(7)18)12-10(17)9(16)8(26-12)4-25-28(23,24)5-27(20,21)22/h3,6,8-10,12,16-17H,4-5H2,1-2H3,(H,23,24)(H,14,18,19)(H2,20,21,22)/t8-,9-,10-,12-/m1/s1. The first-order chi connectivity index (χ1) is 12.7.